The van der Waals surface area contributed by atoms with Crippen molar-refractivity contribution >= 4 is 0 Å². The Labute approximate surface area is 101 Å². The smallest absolute Gasteiger partial charge is 0.165 e. The summed E-state index contributed by atoms with van der Waals surface area (Å²) in [7, 11) is 3.85. The zero-order chi connectivity index (χ0) is 12.6. The lowest BCUT2D eigenvalue weighted by atomic mass is 10.0. The van der Waals surface area contributed by atoms with Crippen LogP contribution in [0.3, 0.4) is 0 Å². The third-order valence-corrected chi connectivity index (χ3v) is 3.14. The van der Waals surface area contributed by atoms with E-state index in [1.807, 2.05) is 25.1 Å². The summed E-state index contributed by atoms with van der Waals surface area (Å²) in [5.41, 5.74) is 7.28. The first-order valence-electron chi connectivity index (χ1n) is 5.83. The van der Waals surface area contributed by atoms with Gasteiger partial charge in [0.2, 0.25) is 0 Å². The molecule has 3 nitrogen and oxygen atoms in total. The molecule has 17 heavy (non-hydrogen) atoms. The molecular formula is C13H19FN2O. The summed E-state index contributed by atoms with van der Waals surface area (Å²) in [6.45, 7) is 0.655. The summed E-state index contributed by atoms with van der Waals surface area (Å²) in [5.74, 6) is -0.798. The molecule has 94 valence electrons. The van der Waals surface area contributed by atoms with Crippen LogP contribution in [-0.4, -0.2) is 29.6 Å². The molecule has 0 radical (unpaired) electrons. The maximum absolute atomic E-state index is 13.6. The van der Waals surface area contributed by atoms with Gasteiger partial charge < -0.3 is 15.7 Å². The van der Waals surface area contributed by atoms with Crippen molar-refractivity contribution in [1.82, 2.24) is 4.90 Å². The molecule has 0 spiro atoms. The molecule has 0 aliphatic heterocycles. The van der Waals surface area contributed by atoms with Crippen LogP contribution in [0.25, 0.3) is 0 Å². The van der Waals surface area contributed by atoms with E-state index in [9.17, 15) is 9.50 Å². The quantitative estimate of drug-likeness (QED) is 0.838. The average Bonchev–Trinajstić information content (AvgIpc) is 2.91. The van der Waals surface area contributed by atoms with Crippen LogP contribution < -0.4 is 5.73 Å². The number of halogens is 1. The highest BCUT2D eigenvalue weighted by Gasteiger charge is 2.38. The van der Waals surface area contributed by atoms with E-state index in [-0.39, 0.29) is 11.3 Å². The van der Waals surface area contributed by atoms with Gasteiger partial charge in [-0.3, -0.25) is 0 Å². The van der Waals surface area contributed by atoms with Gasteiger partial charge in [0.1, 0.15) is 0 Å². The highest BCUT2D eigenvalue weighted by Crippen LogP contribution is 2.38. The minimum absolute atomic E-state index is 0.222. The van der Waals surface area contributed by atoms with Gasteiger partial charge in [-0.25, -0.2) is 4.39 Å². The Hall–Kier alpha value is -1.13. The first-order valence-corrected chi connectivity index (χ1v) is 5.83. The van der Waals surface area contributed by atoms with Crippen molar-refractivity contribution < 1.29 is 9.50 Å². The summed E-state index contributed by atoms with van der Waals surface area (Å²) < 4.78 is 13.6. The molecule has 0 saturated heterocycles. The molecule has 1 aromatic carbocycles. The van der Waals surface area contributed by atoms with Crippen LogP contribution in [0.2, 0.25) is 0 Å². The maximum Gasteiger partial charge on any atom is 0.165 e. The minimum atomic E-state index is -0.552. The number of phenolic OH excluding ortho intramolecular Hbond substituents is 1. The molecule has 2 rings (SSSR count). The predicted octanol–water partition coefficient (Wildman–Crippen LogP) is 1.63. The minimum Gasteiger partial charge on any atom is -0.505 e. The lowest BCUT2D eigenvalue weighted by Crippen LogP contribution is -2.24. The Morgan fingerprint density at radius 1 is 1.41 bits per heavy atom. The molecule has 3 N–H and O–H groups in total. The molecule has 1 saturated carbocycles. The van der Waals surface area contributed by atoms with Gasteiger partial charge >= 0.3 is 0 Å². The summed E-state index contributed by atoms with van der Waals surface area (Å²) in [4.78, 5) is 1.96. The molecule has 1 fully saturated rings. The van der Waals surface area contributed by atoms with Crippen LogP contribution in [0.1, 0.15) is 24.0 Å². The predicted molar refractivity (Wildman–Crippen MR) is 65.3 cm³/mol. The van der Waals surface area contributed by atoms with E-state index in [1.165, 1.54) is 6.07 Å². The van der Waals surface area contributed by atoms with E-state index in [2.05, 4.69) is 0 Å². The Balaban J connectivity index is 2.26. The van der Waals surface area contributed by atoms with Gasteiger partial charge in [-0.2, -0.15) is 0 Å². The summed E-state index contributed by atoms with van der Waals surface area (Å²) in [6.07, 6.45) is 2.45. The molecule has 4 heteroatoms. The van der Waals surface area contributed by atoms with E-state index < -0.39 is 5.82 Å². The molecule has 0 amide bonds. The lowest BCUT2D eigenvalue weighted by Gasteiger charge is -2.15. The fourth-order valence-corrected chi connectivity index (χ4v) is 2.03. The molecule has 0 bridgehead atoms. The van der Waals surface area contributed by atoms with Crippen LogP contribution >= 0.6 is 0 Å². The molecule has 0 unspecified atom stereocenters. The van der Waals surface area contributed by atoms with Crippen molar-refractivity contribution in [3.63, 3.8) is 0 Å². The number of phenols is 1. The molecule has 1 aliphatic carbocycles. The highest BCUT2D eigenvalue weighted by atomic mass is 19.1. The number of hydrogen-bond donors (Lipinski definition) is 2. The molecule has 0 heterocycles. The zero-order valence-corrected chi connectivity index (χ0v) is 10.3. The number of nitrogens with two attached hydrogens (primary N) is 1. The fourth-order valence-electron chi connectivity index (χ4n) is 2.03. The van der Waals surface area contributed by atoms with Crippen molar-refractivity contribution in [2.45, 2.75) is 31.3 Å². The Morgan fingerprint density at radius 3 is 2.59 bits per heavy atom. The standard InChI is InChI=1S/C13H19FN2O/c1-16(2)8-9-5-10(7-13(15)3-4-13)12(17)11(14)6-9/h5-6,17H,3-4,7-8,15H2,1-2H3. The second kappa shape index (κ2) is 4.27. The van der Waals surface area contributed by atoms with E-state index in [1.54, 1.807) is 0 Å². The fraction of sp³-hybridized carbons (Fsp3) is 0.538. The molecule has 1 aliphatic rings. The number of nitrogens with zero attached hydrogens (tertiary/aromatic N) is 1. The number of rotatable bonds is 4. The number of hydrogen-bond acceptors (Lipinski definition) is 3. The summed E-state index contributed by atoms with van der Waals surface area (Å²) >= 11 is 0. The lowest BCUT2D eigenvalue weighted by molar-refractivity contribution is 0.395. The SMILES string of the molecule is CN(C)Cc1cc(F)c(O)c(CC2(N)CC2)c1. The van der Waals surface area contributed by atoms with Crippen LogP contribution in [-0.2, 0) is 13.0 Å². The first-order chi connectivity index (χ1) is 7.89. The second-order valence-electron chi connectivity index (χ2n) is 5.36. The maximum atomic E-state index is 13.6. The Kier molecular flexibility index (Phi) is 3.10. The number of aromatic hydroxyl groups is 1. The van der Waals surface area contributed by atoms with Crippen molar-refractivity contribution in [2.24, 2.45) is 5.73 Å². The number of benzene rings is 1. The average molecular weight is 238 g/mol. The third kappa shape index (κ3) is 2.96. The molecule has 0 atom stereocenters. The largest absolute Gasteiger partial charge is 0.505 e. The van der Waals surface area contributed by atoms with Crippen molar-refractivity contribution in [2.75, 3.05) is 14.1 Å². The van der Waals surface area contributed by atoms with Gasteiger partial charge in [-0.05, 0) is 50.6 Å². The van der Waals surface area contributed by atoms with Gasteiger partial charge in [-0.15, -0.1) is 0 Å². The second-order valence-corrected chi connectivity index (χ2v) is 5.36. The van der Waals surface area contributed by atoms with Gasteiger partial charge in [0.15, 0.2) is 11.6 Å². The molecule has 0 aromatic heterocycles. The van der Waals surface area contributed by atoms with Crippen LogP contribution in [0.4, 0.5) is 4.39 Å². The van der Waals surface area contributed by atoms with E-state index >= 15 is 0 Å². The topological polar surface area (TPSA) is 49.5 Å². The van der Waals surface area contributed by atoms with E-state index in [0.717, 1.165) is 18.4 Å². The van der Waals surface area contributed by atoms with Gasteiger partial charge in [0.05, 0.1) is 0 Å². The van der Waals surface area contributed by atoms with Crippen molar-refractivity contribution in [1.29, 1.82) is 0 Å². The van der Waals surface area contributed by atoms with Crippen LogP contribution in [0, 0.1) is 5.82 Å². The molecular weight excluding hydrogens is 219 g/mol. The first kappa shape index (κ1) is 12.3. The van der Waals surface area contributed by atoms with Gasteiger partial charge in [0, 0.05) is 12.1 Å². The van der Waals surface area contributed by atoms with Gasteiger partial charge in [-0.1, -0.05) is 6.07 Å². The summed E-state index contributed by atoms with van der Waals surface area (Å²) in [5, 5.41) is 9.70. The van der Waals surface area contributed by atoms with Crippen LogP contribution in [0.15, 0.2) is 12.1 Å². The highest BCUT2D eigenvalue weighted by molar-refractivity contribution is 5.39. The normalized spacial score (nSPS) is 17.5. The van der Waals surface area contributed by atoms with E-state index in [4.69, 9.17) is 5.73 Å². The molecule has 1 aromatic rings. The Bertz CT molecular complexity index is 428. The monoisotopic (exact) mass is 238 g/mol. The zero-order valence-electron chi connectivity index (χ0n) is 10.3. The summed E-state index contributed by atoms with van der Waals surface area (Å²) in [6, 6.07) is 3.24. The van der Waals surface area contributed by atoms with Gasteiger partial charge in [0.25, 0.3) is 0 Å². The Morgan fingerprint density at radius 2 is 2.06 bits per heavy atom. The van der Waals surface area contributed by atoms with E-state index in [0.29, 0.717) is 18.5 Å². The van der Waals surface area contributed by atoms with Crippen molar-refractivity contribution in [3.8, 4) is 5.75 Å². The van der Waals surface area contributed by atoms with Crippen LogP contribution in [0.5, 0.6) is 5.75 Å². The van der Waals surface area contributed by atoms with Crippen molar-refractivity contribution in [3.05, 3.63) is 29.1 Å². The third-order valence-electron chi connectivity index (χ3n) is 3.14.